The number of nitrogen functional groups attached to an aromatic ring is 2. The molecular weight excluding hydrogens is 368 g/mol. The Hall–Kier alpha value is -2.97. The summed E-state index contributed by atoms with van der Waals surface area (Å²) in [6.07, 6.45) is 10.3. The van der Waals surface area contributed by atoms with Crippen LogP contribution in [0, 0.1) is 5.92 Å². The van der Waals surface area contributed by atoms with E-state index >= 15 is 0 Å². The first-order chi connectivity index (χ1) is 13.9. The van der Waals surface area contributed by atoms with Gasteiger partial charge in [0.05, 0.1) is 17.5 Å². The number of nitrogens with two attached hydrogens (primary N) is 2. The molecule has 3 aromatic heterocycles. The Morgan fingerprint density at radius 1 is 1.10 bits per heavy atom. The van der Waals surface area contributed by atoms with Crippen molar-refractivity contribution in [3.8, 4) is 0 Å². The second-order valence-electron chi connectivity index (χ2n) is 8.13. The smallest absolute Gasteiger partial charge is 0.163 e. The molecule has 4 heterocycles. The maximum absolute atomic E-state index is 6.31. The second kappa shape index (κ2) is 6.53. The topological polar surface area (TPSA) is 114 Å². The number of rotatable bonds is 3. The lowest BCUT2D eigenvalue weighted by Gasteiger charge is -2.24. The molecule has 0 aromatic carbocycles. The lowest BCUT2D eigenvalue weighted by atomic mass is 10.0. The lowest BCUT2D eigenvalue weighted by molar-refractivity contribution is -0.158. The van der Waals surface area contributed by atoms with E-state index in [1.54, 1.807) is 12.3 Å². The van der Waals surface area contributed by atoms with Crippen LogP contribution in [-0.4, -0.2) is 37.5 Å². The molecule has 1 aliphatic heterocycles. The van der Waals surface area contributed by atoms with Crippen molar-refractivity contribution >= 4 is 28.7 Å². The van der Waals surface area contributed by atoms with Gasteiger partial charge < -0.3 is 25.5 Å². The highest BCUT2D eigenvalue weighted by molar-refractivity contribution is 5.86. The fraction of sp³-hybridized carbons (Fsp3) is 0.381. The summed E-state index contributed by atoms with van der Waals surface area (Å²) in [7, 11) is 0. The van der Waals surface area contributed by atoms with E-state index in [9.17, 15) is 0 Å². The van der Waals surface area contributed by atoms with E-state index in [-0.39, 0.29) is 24.2 Å². The number of pyridine rings is 1. The van der Waals surface area contributed by atoms with Crippen LogP contribution in [0.3, 0.4) is 0 Å². The van der Waals surface area contributed by atoms with Gasteiger partial charge in [-0.25, -0.2) is 15.0 Å². The van der Waals surface area contributed by atoms with E-state index in [0.29, 0.717) is 11.6 Å². The van der Waals surface area contributed by atoms with Crippen LogP contribution in [0.25, 0.3) is 17.1 Å². The van der Waals surface area contributed by atoms with E-state index in [4.69, 9.17) is 20.9 Å². The van der Waals surface area contributed by atoms with Crippen LogP contribution in [0.5, 0.6) is 0 Å². The van der Waals surface area contributed by atoms with Crippen molar-refractivity contribution in [1.82, 2.24) is 19.5 Å². The molecule has 29 heavy (non-hydrogen) atoms. The molecule has 8 heteroatoms. The van der Waals surface area contributed by atoms with Gasteiger partial charge in [-0.3, -0.25) is 0 Å². The standard InChI is InChI=1S/C21H24N6O2/c1-21(2)28-17-13(5-3-12-4-6-16(22)24-10-12)9-15(18(17)29-21)27-8-7-14-19(23)25-11-26-20(14)27/h3-8,10-11,13,15,17-18H,9H2,1-2H3,(H2,22,24)(H2,23,25,26)/b5-3+/t13-,15+,17+,18-/m0/s1. The van der Waals surface area contributed by atoms with Gasteiger partial charge in [0.15, 0.2) is 5.79 Å². The van der Waals surface area contributed by atoms with Crippen LogP contribution >= 0.6 is 0 Å². The Morgan fingerprint density at radius 2 is 1.93 bits per heavy atom. The predicted octanol–water partition coefficient (Wildman–Crippen LogP) is 2.79. The molecular formula is C21H24N6O2. The van der Waals surface area contributed by atoms with Crippen LogP contribution < -0.4 is 11.5 Å². The van der Waals surface area contributed by atoms with Gasteiger partial charge in [-0.2, -0.15) is 0 Å². The quantitative estimate of drug-likeness (QED) is 0.704. The molecule has 0 bridgehead atoms. The van der Waals surface area contributed by atoms with Crippen molar-refractivity contribution in [1.29, 1.82) is 0 Å². The van der Waals surface area contributed by atoms with Gasteiger partial charge in [-0.15, -0.1) is 0 Å². The summed E-state index contributed by atoms with van der Waals surface area (Å²) in [6.45, 7) is 3.92. The Kier molecular flexibility index (Phi) is 4.07. The molecule has 4 N–H and O–H groups in total. The van der Waals surface area contributed by atoms with Crippen LogP contribution in [-0.2, 0) is 9.47 Å². The third-order valence-corrected chi connectivity index (χ3v) is 5.72. The van der Waals surface area contributed by atoms with Crippen LogP contribution in [0.1, 0.15) is 31.9 Å². The van der Waals surface area contributed by atoms with Gasteiger partial charge in [0.2, 0.25) is 0 Å². The zero-order valence-electron chi connectivity index (χ0n) is 16.4. The number of fused-ring (bicyclic) bond motifs is 2. The number of nitrogens with zero attached hydrogens (tertiary/aromatic N) is 4. The third kappa shape index (κ3) is 3.14. The fourth-order valence-electron chi connectivity index (χ4n) is 4.46. The maximum Gasteiger partial charge on any atom is 0.163 e. The van der Waals surface area contributed by atoms with E-state index in [1.165, 1.54) is 6.33 Å². The first-order valence-electron chi connectivity index (χ1n) is 9.74. The highest BCUT2D eigenvalue weighted by atomic mass is 16.8. The van der Waals surface area contributed by atoms with Gasteiger partial charge in [0.25, 0.3) is 0 Å². The lowest BCUT2D eigenvalue weighted by Crippen LogP contribution is -2.27. The Labute approximate surface area is 168 Å². The van der Waals surface area contributed by atoms with Crippen molar-refractivity contribution in [3.63, 3.8) is 0 Å². The van der Waals surface area contributed by atoms with E-state index in [0.717, 1.165) is 23.0 Å². The molecule has 0 unspecified atom stereocenters. The van der Waals surface area contributed by atoms with Gasteiger partial charge in [0, 0.05) is 18.3 Å². The average Bonchev–Trinajstić information content (AvgIpc) is 3.33. The molecule has 150 valence electrons. The molecule has 1 saturated carbocycles. The van der Waals surface area contributed by atoms with Gasteiger partial charge in [-0.05, 0) is 44.0 Å². The Balaban J connectivity index is 1.48. The maximum atomic E-state index is 6.31. The molecule has 0 spiro atoms. The number of anilines is 2. The monoisotopic (exact) mass is 392 g/mol. The SMILES string of the molecule is CC1(C)O[C@@H]2[C@H](O1)[C@@H](/C=C/c1ccc(N)nc1)C[C@H]2n1ccc2c(N)ncnc21. The minimum absolute atomic E-state index is 0.0374. The number of hydrogen-bond donors (Lipinski definition) is 2. The zero-order chi connectivity index (χ0) is 20.2. The van der Waals surface area contributed by atoms with Crippen molar-refractivity contribution in [3.05, 3.63) is 48.6 Å². The Bertz CT molecular complexity index is 1070. The highest BCUT2D eigenvalue weighted by Crippen LogP contribution is 2.48. The van der Waals surface area contributed by atoms with E-state index in [2.05, 4.69) is 31.7 Å². The summed E-state index contributed by atoms with van der Waals surface area (Å²) in [6, 6.07) is 5.81. The largest absolute Gasteiger partial charge is 0.384 e. The van der Waals surface area contributed by atoms with E-state index in [1.807, 2.05) is 32.2 Å². The molecule has 1 aliphatic carbocycles. The van der Waals surface area contributed by atoms with Crippen LogP contribution in [0.15, 0.2) is 43.0 Å². The van der Waals surface area contributed by atoms with Gasteiger partial charge >= 0.3 is 0 Å². The number of ether oxygens (including phenoxy) is 2. The summed E-state index contributed by atoms with van der Waals surface area (Å²) in [4.78, 5) is 12.7. The molecule has 2 fully saturated rings. The van der Waals surface area contributed by atoms with Gasteiger partial charge in [0.1, 0.15) is 29.7 Å². The minimum atomic E-state index is -0.625. The molecule has 4 atom stereocenters. The molecule has 0 radical (unpaired) electrons. The van der Waals surface area contributed by atoms with Crippen LogP contribution in [0.2, 0.25) is 0 Å². The third-order valence-electron chi connectivity index (χ3n) is 5.72. The first kappa shape index (κ1) is 18.1. The second-order valence-corrected chi connectivity index (χ2v) is 8.13. The molecule has 5 rings (SSSR count). The van der Waals surface area contributed by atoms with E-state index < -0.39 is 5.79 Å². The minimum Gasteiger partial charge on any atom is -0.384 e. The summed E-state index contributed by atoms with van der Waals surface area (Å²) >= 11 is 0. The normalized spacial score (nSPS) is 28.3. The van der Waals surface area contributed by atoms with Gasteiger partial charge in [-0.1, -0.05) is 12.2 Å². The van der Waals surface area contributed by atoms with Crippen molar-refractivity contribution in [2.24, 2.45) is 5.92 Å². The summed E-state index contributed by atoms with van der Waals surface area (Å²) in [5, 5.41) is 0.856. The predicted molar refractivity (Wildman–Crippen MR) is 111 cm³/mol. The Morgan fingerprint density at radius 3 is 2.72 bits per heavy atom. The summed E-state index contributed by atoms with van der Waals surface area (Å²) in [5.74, 6) is 0.568. The molecule has 0 amide bonds. The summed E-state index contributed by atoms with van der Waals surface area (Å²) < 4.78 is 14.7. The first-order valence-corrected chi connectivity index (χ1v) is 9.74. The molecule has 8 nitrogen and oxygen atoms in total. The highest BCUT2D eigenvalue weighted by Gasteiger charge is 2.54. The van der Waals surface area contributed by atoms with Crippen molar-refractivity contribution < 1.29 is 9.47 Å². The fourth-order valence-corrected chi connectivity index (χ4v) is 4.46. The van der Waals surface area contributed by atoms with Crippen LogP contribution in [0.4, 0.5) is 11.6 Å². The number of aromatic nitrogens is 4. The molecule has 3 aromatic rings. The summed E-state index contributed by atoms with van der Waals surface area (Å²) in [5.41, 5.74) is 13.5. The molecule has 1 saturated heterocycles. The molecule has 2 aliphatic rings. The zero-order valence-corrected chi connectivity index (χ0v) is 16.4. The van der Waals surface area contributed by atoms with Crippen molar-refractivity contribution in [2.75, 3.05) is 11.5 Å². The van der Waals surface area contributed by atoms with Crippen molar-refractivity contribution in [2.45, 2.75) is 44.3 Å². The average molecular weight is 392 g/mol. The number of hydrogen-bond acceptors (Lipinski definition) is 7.